The van der Waals surface area contributed by atoms with E-state index in [2.05, 4.69) is 108 Å². The highest BCUT2D eigenvalue weighted by atomic mass is 16.5. The zero-order chi connectivity index (χ0) is 26.5. The van der Waals surface area contributed by atoms with E-state index in [0.29, 0.717) is 11.5 Å². The van der Waals surface area contributed by atoms with Crippen LogP contribution >= 0.6 is 0 Å². The lowest BCUT2D eigenvalue weighted by Crippen LogP contribution is -2.37. The summed E-state index contributed by atoms with van der Waals surface area (Å²) in [4.78, 5) is 5.00. The third-order valence-electron chi connectivity index (χ3n) is 7.94. The van der Waals surface area contributed by atoms with Gasteiger partial charge >= 0.3 is 0 Å². The molecule has 1 saturated carbocycles. The molecular formula is C35H31N3O. The van der Waals surface area contributed by atoms with E-state index in [-0.39, 0.29) is 6.10 Å². The number of nitrogens with zero attached hydrogens (tertiary/aromatic N) is 3. The van der Waals surface area contributed by atoms with Crippen LogP contribution in [0.25, 0.3) is 0 Å². The number of benzene rings is 4. The van der Waals surface area contributed by atoms with E-state index in [9.17, 15) is 0 Å². The van der Waals surface area contributed by atoms with Gasteiger partial charge in [-0.15, -0.1) is 0 Å². The van der Waals surface area contributed by atoms with Gasteiger partial charge in [-0.05, 0) is 66.6 Å². The van der Waals surface area contributed by atoms with E-state index in [1.165, 1.54) is 16.7 Å². The van der Waals surface area contributed by atoms with Crippen LogP contribution in [0.2, 0.25) is 0 Å². The van der Waals surface area contributed by atoms with Crippen molar-refractivity contribution in [1.29, 1.82) is 5.26 Å². The molecule has 0 amide bonds. The quantitative estimate of drug-likeness (QED) is 0.211. The van der Waals surface area contributed by atoms with Gasteiger partial charge in [-0.2, -0.15) is 5.26 Å². The van der Waals surface area contributed by atoms with Gasteiger partial charge in [0.25, 0.3) is 0 Å². The number of imidazole rings is 1. The van der Waals surface area contributed by atoms with Crippen molar-refractivity contribution in [3.63, 3.8) is 0 Å². The first-order valence-electron chi connectivity index (χ1n) is 13.6. The molecule has 6 rings (SSSR count). The van der Waals surface area contributed by atoms with Crippen LogP contribution in [0.1, 0.15) is 59.5 Å². The van der Waals surface area contributed by atoms with Gasteiger partial charge in [0.2, 0.25) is 0 Å². The summed E-state index contributed by atoms with van der Waals surface area (Å²) in [5, 5.41) is 9.04. The van der Waals surface area contributed by atoms with Gasteiger partial charge in [0, 0.05) is 12.1 Å². The molecule has 0 saturated heterocycles. The molecule has 0 aliphatic heterocycles. The highest BCUT2D eigenvalue weighted by Crippen LogP contribution is 2.42. The average molecular weight is 510 g/mol. The Labute approximate surface area is 230 Å². The second-order valence-corrected chi connectivity index (χ2v) is 10.2. The van der Waals surface area contributed by atoms with E-state index in [1.807, 2.05) is 30.6 Å². The Morgan fingerprint density at radius 2 is 1.21 bits per heavy atom. The fourth-order valence-electron chi connectivity index (χ4n) is 5.99. The lowest BCUT2D eigenvalue weighted by molar-refractivity contribution is 0.146. The summed E-state index contributed by atoms with van der Waals surface area (Å²) in [6.45, 7) is 0. The van der Waals surface area contributed by atoms with Crippen molar-refractivity contribution >= 4 is 0 Å². The Hall–Kier alpha value is -4.62. The molecule has 1 aliphatic rings. The predicted octanol–water partition coefficient (Wildman–Crippen LogP) is 7.70. The molecule has 4 heteroatoms. The van der Waals surface area contributed by atoms with Gasteiger partial charge < -0.3 is 9.30 Å². The molecule has 1 aliphatic carbocycles. The van der Waals surface area contributed by atoms with Crippen LogP contribution in [0.15, 0.2) is 128 Å². The van der Waals surface area contributed by atoms with Gasteiger partial charge in [0.05, 0.1) is 29.8 Å². The van der Waals surface area contributed by atoms with Gasteiger partial charge in [-0.3, -0.25) is 0 Å². The lowest BCUT2D eigenvalue weighted by atomic mass is 9.76. The van der Waals surface area contributed by atoms with Crippen LogP contribution in [0, 0.1) is 11.3 Å². The van der Waals surface area contributed by atoms with Crippen molar-refractivity contribution in [3.05, 3.63) is 156 Å². The molecule has 5 aromatic rings. The second kappa shape index (κ2) is 11.0. The third-order valence-corrected chi connectivity index (χ3v) is 7.94. The number of aromatic nitrogens is 2. The molecule has 0 unspecified atom stereocenters. The van der Waals surface area contributed by atoms with Crippen molar-refractivity contribution in [2.24, 2.45) is 0 Å². The molecular weight excluding hydrogens is 478 g/mol. The first-order valence-corrected chi connectivity index (χ1v) is 13.6. The Balaban J connectivity index is 1.30. The first kappa shape index (κ1) is 24.7. The number of hydrogen-bond acceptors (Lipinski definition) is 3. The molecule has 4 nitrogen and oxygen atoms in total. The van der Waals surface area contributed by atoms with Gasteiger partial charge in [0.15, 0.2) is 0 Å². The zero-order valence-electron chi connectivity index (χ0n) is 21.9. The minimum absolute atomic E-state index is 0.188. The summed E-state index contributed by atoms with van der Waals surface area (Å²) < 4.78 is 8.54. The molecule has 0 N–H and O–H groups in total. The summed E-state index contributed by atoms with van der Waals surface area (Å²) in [6.07, 6.45) is 8.51. The van der Waals surface area contributed by atoms with E-state index >= 15 is 0 Å². The molecule has 1 heterocycles. The maximum absolute atomic E-state index is 9.04. The van der Waals surface area contributed by atoms with Crippen LogP contribution in [-0.2, 0) is 5.54 Å². The molecule has 1 aromatic heterocycles. The molecule has 4 aromatic carbocycles. The summed E-state index contributed by atoms with van der Waals surface area (Å²) in [5.74, 6) is 1.23. The van der Waals surface area contributed by atoms with Crippen LogP contribution < -0.4 is 4.74 Å². The Kier molecular flexibility index (Phi) is 6.97. The molecule has 0 atom stereocenters. The van der Waals surface area contributed by atoms with E-state index in [4.69, 9.17) is 15.0 Å². The van der Waals surface area contributed by atoms with E-state index < -0.39 is 5.54 Å². The van der Waals surface area contributed by atoms with Crippen molar-refractivity contribution in [2.45, 2.75) is 43.2 Å². The van der Waals surface area contributed by atoms with Crippen LogP contribution in [0.4, 0.5) is 0 Å². The minimum atomic E-state index is -0.537. The fraction of sp³-hybridized carbons (Fsp3) is 0.200. The molecule has 39 heavy (non-hydrogen) atoms. The van der Waals surface area contributed by atoms with Crippen molar-refractivity contribution in [1.82, 2.24) is 9.55 Å². The molecule has 0 radical (unpaired) electrons. The maximum atomic E-state index is 9.04. The van der Waals surface area contributed by atoms with E-state index in [1.54, 1.807) is 0 Å². The number of ether oxygens (including phenoxy) is 1. The van der Waals surface area contributed by atoms with Gasteiger partial charge in [-0.1, -0.05) is 91.0 Å². The standard InChI is InChI=1S/C35H31N3O/c36-24-27-16-20-32(21-17-27)39-33-22-18-28(19-23-33)34-25-38(26-37-34)35(29-10-4-1-5-11-29,30-12-6-2-7-13-30)31-14-8-3-9-15-31/h1-17,20-21,25-26,28,33H,18-19,22-23H2. The topological polar surface area (TPSA) is 50.8 Å². The van der Waals surface area contributed by atoms with Crippen LogP contribution in [0.3, 0.4) is 0 Å². The molecule has 1 fully saturated rings. The van der Waals surface area contributed by atoms with Crippen molar-refractivity contribution in [3.8, 4) is 11.8 Å². The summed E-state index contributed by atoms with van der Waals surface area (Å²) in [6, 6.07) is 41.7. The third kappa shape index (κ3) is 4.84. The molecule has 0 spiro atoms. The SMILES string of the molecule is N#Cc1ccc(OC2CCC(c3cn(C(c4ccccc4)(c4ccccc4)c4ccccc4)cn3)CC2)cc1. The lowest BCUT2D eigenvalue weighted by Gasteiger charge is -2.37. The van der Waals surface area contributed by atoms with Crippen LogP contribution in [-0.4, -0.2) is 15.7 Å². The minimum Gasteiger partial charge on any atom is -0.490 e. The van der Waals surface area contributed by atoms with Gasteiger partial charge in [-0.25, -0.2) is 4.98 Å². The molecule has 192 valence electrons. The average Bonchev–Trinajstić information content (AvgIpc) is 3.51. The normalized spacial score (nSPS) is 17.3. The van der Waals surface area contributed by atoms with Gasteiger partial charge in [0.1, 0.15) is 11.3 Å². The smallest absolute Gasteiger partial charge is 0.121 e. The summed E-state index contributed by atoms with van der Waals surface area (Å²) in [7, 11) is 0. The highest BCUT2D eigenvalue weighted by molar-refractivity contribution is 5.50. The van der Waals surface area contributed by atoms with Crippen LogP contribution in [0.5, 0.6) is 5.75 Å². The highest BCUT2D eigenvalue weighted by Gasteiger charge is 2.39. The monoisotopic (exact) mass is 509 g/mol. The van der Waals surface area contributed by atoms with Crippen molar-refractivity contribution in [2.75, 3.05) is 0 Å². The zero-order valence-corrected chi connectivity index (χ0v) is 21.9. The Bertz CT molecular complexity index is 1430. The Morgan fingerprint density at radius 3 is 1.69 bits per heavy atom. The number of rotatable bonds is 7. The number of hydrogen-bond donors (Lipinski definition) is 0. The van der Waals surface area contributed by atoms with E-state index in [0.717, 1.165) is 37.1 Å². The Morgan fingerprint density at radius 1 is 0.692 bits per heavy atom. The number of nitriles is 1. The molecule has 0 bridgehead atoms. The summed E-state index contributed by atoms with van der Waals surface area (Å²) >= 11 is 0. The largest absolute Gasteiger partial charge is 0.490 e. The van der Waals surface area contributed by atoms with Crippen molar-refractivity contribution < 1.29 is 4.74 Å². The second-order valence-electron chi connectivity index (χ2n) is 10.2. The predicted molar refractivity (Wildman–Crippen MR) is 154 cm³/mol. The fourth-order valence-corrected chi connectivity index (χ4v) is 5.99. The maximum Gasteiger partial charge on any atom is 0.121 e. The first-order chi connectivity index (χ1) is 19.3. The summed E-state index contributed by atoms with van der Waals surface area (Å²) in [5.41, 5.74) is 4.85.